The average Bonchev–Trinajstić information content (AvgIpc) is 2.24. The molecule has 7 nitrogen and oxygen atoms in total. The van der Waals surface area contributed by atoms with Gasteiger partial charge < -0.3 is 17.2 Å². The predicted molar refractivity (Wildman–Crippen MR) is 67.0 cm³/mol. The van der Waals surface area contributed by atoms with Gasteiger partial charge in [0.15, 0.2) is 22.9 Å². The van der Waals surface area contributed by atoms with Gasteiger partial charge in [-0.2, -0.15) is 0 Å². The first-order valence-corrected chi connectivity index (χ1v) is 5.04. The minimum absolute atomic E-state index is 0.605. The second kappa shape index (κ2) is 5.11. The number of rotatable bonds is 6. The van der Waals surface area contributed by atoms with Crippen LogP contribution in [0.15, 0.2) is 25.3 Å². The van der Waals surface area contributed by atoms with E-state index in [1.54, 1.807) is 0 Å². The number of hydrogen-bond acceptors (Lipinski definition) is 5. The Hall–Kier alpha value is -1.99. The van der Waals surface area contributed by atoms with Crippen molar-refractivity contribution in [3.8, 4) is 0 Å². The van der Waals surface area contributed by atoms with Crippen LogP contribution in [0.5, 0.6) is 0 Å². The van der Waals surface area contributed by atoms with Crippen molar-refractivity contribution in [3.05, 3.63) is 25.3 Å². The zero-order valence-corrected chi connectivity index (χ0v) is 10.5. The highest BCUT2D eigenvalue weighted by Gasteiger charge is 2.48. The van der Waals surface area contributed by atoms with Crippen LogP contribution in [0.25, 0.3) is 0 Å². The molecule has 2 unspecified atom stereocenters. The molecular weight excluding hydrogens is 236 g/mol. The van der Waals surface area contributed by atoms with Crippen molar-refractivity contribution >= 4 is 17.6 Å². The lowest BCUT2D eigenvalue weighted by Crippen LogP contribution is -2.74. The summed E-state index contributed by atoms with van der Waals surface area (Å²) in [6.07, 6.45) is 1.84. The molecule has 0 spiro atoms. The van der Waals surface area contributed by atoms with Gasteiger partial charge in [0.05, 0.1) is 0 Å². The normalized spacial score (nSPS) is 16.9. The van der Waals surface area contributed by atoms with Crippen LogP contribution in [0.3, 0.4) is 0 Å². The van der Waals surface area contributed by atoms with Gasteiger partial charge in [-0.3, -0.25) is 14.5 Å². The van der Waals surface area contributed by atoms with E-state index in [-0.39, 0.29) is 0 Å². The Bertz CT molecular complexity index is 381. The molecule has 0 aliphatic carbocycles. The lowest BCUT2D eigenvalue weighted by Gasteiger charge is -2.43. The smallest absolute Gasteiger partial charge is 0.318 e. The van der Waals surface area contributed by atoms with E-state index in [1.165, 1.54) is 13.8 Å². The van der Waals surface area contributed by atoms with Gasteiger partial charge in [0.1, 0.15) is 0 Å². The van der Waals surface area contributed by atoms with Crippen LogP contribution in [-0.4, -0.2) is 33.8 Å². The summed E-state index contributed by atoms with van der Waals surface area (Å²) >= 11 is 0. The van der Waals surface area contributed by atoms with Crippen molar-refractivity contribution < 1.29 is 14.4 Å². The van der Waals surface area contributed by atoms with Crippen LogP contribution in [0.4, 0.5) is 4.79 Å². The Morgan fingerprint density at radius 1 is 1.00 bits per heavy atom. The Kier molecular flexibility index (Phi) is 4.55. The maximum atomic E-state index is 11.7. The number of primary amides is 1. The fraction of sp³-hybridized carbons (Fsp3) is 0.364. The molecule has 0 heterocycles. The Morgan fingerprint density at radius 2 is 1.28 bits per heavy atom. The molecule has 2 amide bonds. The van der Waals surface area contributed by atoms with Gasteiger partial charge in [0.2, 0.25) is 0 Å². The number of hydrogen-bond donors (Lipinski definition) is 3. The number of nitrogens with zero attached hydrogens (tertiary/aromatic N) is 1. The number of carbonyl (C=O) groups is 3. The summed E-state index contributed by atoms with van der Waals surface area (Å²) in [7, 11) is 0. The fourth-order valence-corrected chi connectivity index (χ4v) is 1.57. The van der Waals surface area contributed by atoms with Crippen LogP contribution in [-0.2, 0) is 9.59 Å². The number of nitrogens with two attached hydrogens (primary N) is 3. The number of amides is 2. The third-order valence-corrected chi connectivity index (χ3v) is 2.52. The van der Waals surface area contributed by atoms with Crippen molar-refractivity contribution in [1.29, 1.82) is 0 Å². The summed E-state index contributed by atoms with van der Waals surface area (Å²) in [5, 5.41) is 0. The van der Waals surface area contributed by atoms with Crippen molar-refractivity contribution in [2.75, 3.05) is 0 Å². The molecule has 100 valence electrons. The van der Waals surface area contributed by atoms with Gasteiger partial charge in [-0.1, -0.05) is 13.2 Å². The SMILES string of the molecule is C=CC(=O)C(C)(N)N(C(N)=O)C(C)(N)C(=O)C=C. The molecule has 0 aliphatic rings. The molecule has 0 aromatic rings. The molecule has 0 fully saturated rings. The Labute approximate surface area is 105 Å². The minimum atomic E-state index is -1.88. The van der Waals surface area contributed by atoms with E-state index in [9.17, 15) is 14.4 Å². The molecule has 2 atom stereocenters. The molecule has 0 aromatic heterocycles. The predicted octanol–water partition coefficient (Wildman–Crippen LogP) is -0.773. The molecule has 0 aromatic carbocycles. The highest BCUT2D eigenvalue weighted by Crippen LogP contribution is 2.20. The highest BCUT2D eigenvalue weighted by atomic mass is 16.2. The molecule has 0 bridgehead atoms. The van der Waals surface area contributed by atoms with Crippen molar-refractivity contribution in [1.82, 2.24) is 4.90 Å². The van der Waals surface area contributed by atoms with E-state index < -0.39 is 28.9 Å². The monoisotopic (exact) mass is 254 g/mol. The van der Waals surface area contributed by atoms with E-state index in [0.717, 1.165) is 12.2 Å². The van der Waals surface area contributed by atoms with Crippen LogP contribution in [0, 0.1) is 0 Å². The standard InChI is InChI=1S/C11H18N4O3/c1-5-7(16)10(3,13)15(9(12)18)11(4,14)8(17)6-2/h5-6H,1-2,13-14H2,3-4H3,(H2,12,18). The van der Waals surface area contributed by atoms with Gasteiger partial charge in [-0.05, 0) is 26.0 Å². The minimum Gasteiger partial charge on any atom is -0.351 e. The second-order valence-electron chi connectivity index (χ2n) is 4.11. The first kappa shape index (κ1) is 16.0. The van der Waals surface area contributed by atoms with Gasteiger partial charge >= 0.3 is 6.03 Å². The number of carbonyl (C=O) groups excluding carboxylic acids is 3. The summed E-state index contributed by atoms with van der Waals surface area (Å²) in [5.74, 6) is -1.40. The van der Waals surface area contributed by atoms with Gasteiger partial charge in [-0.15, -0.1) is 0 Å². The summed E-state index contributed by atoms with van der Waals surface area (Å²) in [5.41, 5.74) is 12.9. The summed E-state index contributed by atoms with van der Waals surface area (Å²) in [6, 6.07) is -1.10. The van der Waals surface area contributed by atoms with Gasteiger partial charge in [0, 0.05) is 0 Å². The lowest BCUT2D eigenvalue weighted by atomic mass is 9.98. The average molecular weight is 254 g/mol. The summed E-state index contributed by atoms with van der Waals surface area (Å²) < 4.78 is 0. The lowest BCUT2D eigenvalue weighted by molar-refractivity contribution is -0.133. The quantitative estimate of drug-likeness (QED) is 0.422. The molecule has 0 aliphatic heterocycles. The first-order chi connectivity index (χ1) is 8.03. The van der Waals surface area contributed by atoms with E-state index in [2.05, 4.69) is 13.2 Å². The van der Waals surface area contributed by atoms with Crippen LogP contribution in [0.2, 0.25) is 0 Å². The van der Waals surface area contributed by atoms with Crippen LogP contribution in [0.1, 0.15) is 13.8 Å². The molecule has 0 saturated carbocycles. The number of urea groups is 1. The molecule has 0 radical (unpaired) electrons. The molecule has 0 saturated heterocycles. The second-order valence-corrected chi connectivity index (χ2v) is 4.11. The molecule has 7 heteroatoms. The van der Waals surface area contributed by atoms with Crippen molar-refractivity contribution in [3.63, 3.8) is 0 Å². The maximum Gasteiger partial charge on any atom is 0.318 e. The fourth-order valence-electron chi connectivity index (χ4n) is 1.57. The van der Waals surface area contributed by atoms with E-state index in [4.69, 9.17) is 17.2 Å². The largest absolute Gasteiger partial charge is 0.351 e. The first-order valence-electron chi connectivity index (χ1n) is 5.04. The molecule has 6 N–H and O–H groups in total. The summed E-state index contributed by atoms with van der Waals surface area (Å²) in [6.45, 7) is 8.95. The Morgan fingerprint density at radius 3 is 1.44 bits per heavy atom. The third kappa shape index (κ3) is 2.63. The van der Waals surface area contributed by atoms with Crippen LogP contribution < -0.4 is 17.2 Å². The van der Waals surface area contributed by atoms with E-state index >= 15 is 0 Å². The molecule has 18 heavy (non-hydrogen) atoms. The number of ketones is 2. The highest BCUT2D eigenvalue weighted by molar-refractivity contribution is 6.03. The van der Waals surface area contributed by atoms with Crippen molar-refractivity contribution in [2.24, 2.45) is 17.2 Å². The summed E-state index contributed by atoms with van der Waals surface area (Å²) in [4.78, 5) is 35.4. The van der Waals surface area contributed by atoms with Crippen LogP contribution >= 0.6 is 0 Å². The van der Waals surface area contributed by atoms with Crippen molar-refractivity contribution in [2.45, 2.75) is 25.2 Å². The third-order valence-electron chi connectivity index (χ3n) is 2.52. The topological polar surface area (TPSA) is 133 Å². The van der Waals surface area contributed by atoms with E-state index in [1.807, 2.05) is 0 Å². The molecule has 0 rings (SSSR count). The Balaban J connectivity index is 5.81. The molecular formula is C11H18N4O3. The van der Waals surface area contributed by atoms with E-state index in [0.29, 0.717) is 4.90 Å². The van der Waals surface area contributed by atoms with Gasteiger partial charge in [0.25, 0.3) is 0 Å². The zero-order chi connectivity index (χ0) is 14.7. The zero-order valence-electron chi connectivity index (χ0n) is 10.5. The maximum absolute atomic E-state index is 11.7. The van der Waals surface area contributed by atoms with Gasteiger partial charge in [-0.25, -0.2) is 4.79 Å².